The first-order valence-corrected chi connectivity index (χ1v) is 9.76. The van der Waals surface area contributed by atoms with E-state index in [9.17, 15) is 40.5 Å². The van der Waals surface area contributed by atoms with Gasteiger partial charge >= 0.3 is 0 Å². The molecule has 172 valence electrons. The Hall–Kier alpha value is -3.09. The van der Waals surface area contributed by atoms with Gasteiger partial charge in [0.1, 0.15) is 30.5 Å². The lowest BCUT2D eigenvalue weighted by Gasteiger charge is -2.39. The van der Waals surface area contributed by atoms with Gasteiger partial charge in [0.15, 0.2) is 28.8 Å². The first kappa shape index (κ1) is 22.1. The molecule has 2 heterocycles. The van der Waals surface area contributed by atoms with Crippen molar-refractivity contribution in [3.8, 4) is 28.7 Å². The molecule has 0 radical (unpaired) electrons. The van der Waals surface area contributed by atoms with Gasteiger partial charge in [-0.2, -0.15) is 0 Å². The Bertz CT molecular complexity index is 1020. The Morgan fingerprint density at radius 2 is 1.72 bits per heavy atom. The third kappa shape index (κ3) is 3.80. The summed E-state index contributed by atoms with van der Waals surface area (Å²) in [6.07, 6.45) is -8.64. The third-order valence-electron chi connectivity index (χ3n) is 5.49. The first-order valence-electron chi connectivity index (χ1n) is 9.76. The second kappa shape index (κ2) is 8.45. The van der Waals surface area contributed by atoms with Crippen molar-refractivity contribution >= 4 is 5.78 Å². The first-order chi connectivity index (χ1) is 15.2. The summed E-state index contributed by atoms with van der Waals surface area (Å²) >= 11 is 0. The zero-order valence-corrected chi connectivity index (χ0v) is 16.5. The quantitative estimate of drug-likeness (QED) is 0.303. The number of aromatic hydroxyl groups is 3. The standard InChI is InChI=1S/C21H22O11/c22-7-15-16(26)18(28)19(29)21(32-15)31-13-4-2-9-11(24)6-14(30-20(9)17(13)27)8-1-3-10(23)12(25)5-8/h1-5,14-16,18-19,21-23,25-29H,6-7H2/t14-,15+,16-,18-,19+,21-/m1/s1. The molecule has 4 rings (SSSR count). The van der Waals surface area contributed by atoms with Crippen LogP contribution in [0.15, 0.2) is 30.3 Å². The summed E-state index contributed by atoms with van der Waals surface area (Å²) in [7, 11) is 0. The van der Waals surface area contributed by atoms with Gasteiger partial charge < -0.3 is 50.0 Å². The van der Waals surface area contributed by atoms with Crippen molar-refractivity contribution in [1.82, 2.24) is 0 Å². The summed E-state index contributed by atoms with van der Waals surface area (Å²) in [6.45, 7) is -0.653. The van der Waals surface area contributed by atoms with Crippen molar-refractivity contribution in [2.24, 2.45) is 0 Å². The van der Waals surface area contributed by atoms with Crippen LogP contribution in [0.1, 0.15) is 28.4 Å². The zero-order chi connectivity index (χ0) is 23.2. The van der Waals surface area contributed by atoms with Crippen LogP contribution in [0.2, 0.25) is 0 Å². The third-order valence-corrected chi connectivity index (χ3v) is 5.49. The SMILES string of the molecule is O=C1C[C@H](c2ccc(O)c(O)c2)Oc2c1ccc(O[C@@H]1O[C@@H](CO)[C@@H](O)[C@@H](O)[C@@H]1O)c2O. The summed E-state index contributed by atoms with van der Waals surface area (Å²) in [5.41, 5.74) is 0.474. The number of hydrogen-bond donors (Lipinski definition) is 7. The Balaban J connectivity index is 1.61. The second-order valence-corrected chi connectivity index (χ2v) is 7.59. The number of hydrogen-bond acceptors (Lipinski definition) is 11. The normalized spacial score (nSPS) is 29.8. The van der Waals surface area contributed by atoms with E-state index in [0.29, 0.717) is 5.56 Å². The van der Waals surface area contributed by atoms with E-state index in [1.807, 2.05) is 0 Å². The number of ketones is 1. The molecule has 0 aromatic heterocycles. The van der Waals surface area contributed by atoms with Crippen LogP contribution in [-0.2, 0) is 4.74 Å². The maximum Gasteiger partial charge on any atom is 0.229 e. The number of ether oxygens (including phenoxy) is 3. The number of carbonyl (C=O) groups excluding carboxylic acids is 1. The fourth-order valence-corrected chi connectivity index (χ4v) is 3.67. The molecule has 0 unspecified atom stereocenters. The molecule has 2 aliphatic heterocycles. The van der Waals surface area contributed by atoms with Gasteiger partial charge in [-0.15, -0.1) is 0 Å². The van der Waals surface area contributed by atoms with Gasteiger partial charge in [0, 0.05) is 0 Å². The minimum absolute atomic E-state index is 0.0798. The topological polar surface area (TPSA) is 186 Å². The number of Topliss-reactive ketones (excluding diaryl/α,β-unsaturated/α-hetero) is 1. The monoisotopic (exact) mass is 450 g/mol. The maximum atomic E-state index is 12.6. The van der Waals surface area contributed by atoms with E-state index < -0.39 is 54.9 Å². The molecular weight excluding hydrogens is 428 g/mol. The molecule has 0 saturated carbocycles. The van der Waals surface area contributed by atoms with E-state index in [1.165, 1.54) is 30.3 Å². The Labute approximate surface area is 181 Å². The van der Waals surface area contributed by atoms with Gasteiger partial charge in [-0.3, -0.25) is 4.79 Å². The molecule has 0 aliphatic carbocycles. The highest BCUT2D eigenvalue weighted by molar-refractivity contribution is 6.01. The van der Waals surface area contributed by atoms with E-state index in [0.717, 1.165) is 0 Å². The van der Waals surface area contributed by atoms with Crippen LogP contribution in [0.25, 0.3) is 0 Å². The largest absolute Gasteiger partial charge is 0.504 e. The van der Waals surface area contributed by atoms with Gasteiger partial charge in [0.2, 0.25) is 12.0 Å². The highest BCUT2D eigenvalue weighted by atomic mass is 16.7. The van der Waals surface area contributed by atoms with E-state index in [-0.39, 0.29) is 35.0 Å². The van der Waals surface area contributed by atoms with Crippen LogP contribution in [0.5, 0.6) is 28.7 Å². The van der Waals surface area contributed by atoms with E-state index in [4.69, 9.17) is 14.2 Å². The lowest BCUT2D eigenvalue weighted by Crippen LogP contribution is -2.60. The molecule has 11 heteroatoms. The van der Waals surface area contributed by atoms with E-state index >= 15 is 0 Å². The average Bonchev–Trinajstić information content (AvgIpc) is 2.77. The van der Waals surface area contributed by atoms with Crippen LogP contribution in [0, 0.1) is 0 Å². The van der Waals surface area contributed by atoms with Crippen molar-refractivity contribution < 1.29 is 54.8 Å². The Morgan fingerprint density at radius 3 is 2.41 bits per heavy atom. The van der Waals surface area contributed by atoms with Crippen LogP contribution < -0.4 is 9.47 Å². The highest BCUT2D eigenvalue weighted by Gasteiger charge is 2.45. The van der Waals surface area contributed by atoms with E-state index in [1.54, 1.807) is 0 Å². The number of rotatable bonds is 4. The minimum Gasteiger partial charge on any atom is -0.504 e. The molecule has 0 amide bonds. The summed E-state index contributed by atoms with van der Waals surface area (Å²) < 4.78 is 16.5. The molecule has 0 bridgehead atoms. The smallest absolute Gasteiger partial charge is 0.229 e. The lowest BCUT2D eigenvalue weighted by atomic mass is 9.95. The molecule has 7 N–H and O–H groups in total. The molecule has 2 aliphatic rings. The van der Waals surface area contributed by atoms with Crippen LogP contribution in [0.3, 0.4) is 0 Å². The summed E-state index contributed by atoms with van der Waals surface area (Å²) in [6, 6.07) is 6.55. The van der Waals surface area contributed by atoms with Gasteiger partial charge in [0.05, 0.1) is 18.6 Å². The predicted molar refractivity (Wildman–Crippen MR) is 105 cm³/mol. The van der Waals surface area contributed by atoms with E-state index in [2.05, 4.69) is 0 Å². The van der Waals surface area contributed by atoms with Gasteiger partial charge in [-0.1, -0.05) is 6.07 Å². The Morgan fingerprint density at radius 1 is 0.969 bits per heavy atom. The number of carbonyl (C=O) groups is 1. The van der Waals surface area contributed by atoms with Crippen LogP contribution in [0.4, 0.5) is 0 Å². The maximum absolute atomic E-state index is 12.6. The molecular formula is C21H22O11. The molecule has 6 atom stereocenters. The Kier molecular flexibility index (Phi) is 5.84. The van der Waals surface area contributed by atoms with Crippen LogP contribution >= 0.6 is 0 Å². The van der Waals surface area contributed by atoms with Crippen molar-refractivity contribution in [2.45, 2.75) is 43.2 Å². The van der Waals surface area contributed by atoms with Gasteiger partial charge in [-0.25, -0.2) is 0 Å². The van der Waals surface area contributed by atoms with Crippen molar-refractivity contribution in [1.29, 1.82) is 0 Å². The lowest BCUT2D eigenvalue weighted by molar-refractivity contribution is -0.277. The molecule has 2 aromatic rings. The number of aliphatic hydroxyl groups is 4. The number of benzene rings is 2. The van der Waals surface area contributed by atoms with Crippen molar-refractivity contribution in [3.63, 3.8) is 0 Å². The highest BCUT2D eigenvalue weighted by Crippen LogP contribution is 2.46. The van der Waals surface area contributed by atoms with Gasteiger partial charge in [-0.05, 0) is 29.8 Å². The summed E-state index contributed by atoms with van der Waals surface area (Å²) in [4.78, 5) is 12.6. The van der Waals surface area contributed by atoms with Crippen molar-refractivity contribution in [2.75, 3.05) is 6.61 Å². The number of fused-ring (bicyclic) bond motifs is 1. The number of phenols is 3. The molecule has 11 nitrogen and oxygen atoms in total. The summed E-state index contributed by atoms with van der Waals surface area (Å²) in [5.74, 6) is -2.09. The average molecular weight is 450 g/mol. The molecule has 1 fully saturated rings. The molecule has 1 saturated heterocycles. The fourth-order valence-electron chi connectivity index (χ4n) is 3.67. The van der Waals surface area contributed by atoms with Crippen molar-refractivity contribution in [3.05, 3.63) is 41.5 Å². The molecule has 32 heavy (non-hydrogen) atoms. The summed E-state index contributed by atoms with van der Waals surface area (Å²) in [5, 5.41) is 69.1. The van der Waals surface area contributed by atoms with Gasteiger partial charge in [0.25, 0.3) is 0 Å². The number of phenolic OH excluding ortho intramolecular Hbond substituents is 3. The van der Waals surface area contributed by atoms with Crippen LogP contribution in [-0.4, -0.2) is 78.8 Å². The fraction of sp³-hybridized carbons (Fsp3) is 0.381. The predicted octanol–water partition coefficient (Wildman–Crippen LogP) is -0.311. The minimum atomic E-state index is -1.70. The number of aliphatic hydroxyl groups excluding tert-OH is 4. The second-order valence-electron chi connectivity index (χ2n) is 7.59. The molecule has 0 spiro atoms. The zero-order valence-electron chi connectivity index (χ0n) is 16.5. The molecule has 2 aromatic carbocycles.